The van der Waals surface area contributed by atoms with E-state index in [1.54, 1.807) is 20.8 Å². The van der Waals surface area contributed by atoms with Crippen LogP contribution in [0.15, 0.2) is 24.3 Å². The van der Waals surface area contributed by atoms with E-state index in [2.05, 4.69) is 0 Å². The van der Waals surface area contributed by atoms with Crippen LogP contribution >= 0.6 is 0 Å². The van der Waals surface area contributed by atoms with Crippen molar-refractivity contribution in [2.45, 2.75) is 27.7 Å². The first kappa shape index (κ1) is 16.2. The minimum Gasteiger partial charge on any atom is -0.465 e. The predicted molar refractivity (Wildman–Crippen MR) is 79.9 cm³/mol. The Labute approximate surface area is 120 Å². The lowest BCUT2D eigenvalue weighted by Crippen LogP contribution is -2.41. The van der Waals surface area contributed by atoms with E-state index in [-0.39, 0.29) is 18.9 Å². The molecular formula is C16H23NO3. The molecule has 0 fully saturated rings. The number of aryl methyl sites for hydroxylation is 1. The van der Waals surface area contributed by atoms with Crippen LogP contribution in [-0.2, 0) is 14.3 Å². The SMILES string of the molecule is CCOC(=O)C(C)(C)C(=O)CN(C)c1ccc(C)cc1. The lowest BCUT2D eigenvalue weighted by molar-refractivity contribution is -0.157. The normalized spacial score (nSPS) is 11.1. The number of ketones is 1. The Hall–Kier alpha value is -1.84. The monoisotopic (exact) mass is 277 g/mol. The summed E-state index contributed by atoms with van der Waals surface area (Å²) in [5.74, 6) is -0.624. The fourth-order valence-electron chi connectivity index (χ4n) is 1.73. The van der Waals surface area contributed by atoms with Crippen molar-refractivity contribution in [2.75, 3.05) is 25.1 Å². The van der Waals surface area contributed by atoms with Crippen LogP contribution in [0.2, 0.25) is 0 Å². The van der Waals surface area contributed by atoms with E-state index < -0.39 is 11.4 Å². The molecule has 0 bridgehead atoms. The smallest absolute Gasteiger partial charge is 0.319 e. The topological polar surface area (TPSA) is 46.6 Å². The summed E-state index contributed by atoms with van der Waals surface area (Å²) in [5.41, 5.74) is 0.999. The highest BCUT2D eigenvalue weighted by molar-refractivity contribution is 6.04. The first-order chi connectivity index (χ1) is 9.28. The number of esters is 1. The fourth-order valence-corrected chi connectivity index (χ4v) is 1.73. The van der Waals surface area contributed by atoms with Gasteiger partial charge < -0.3 is 9.64 Å². The third-order valence-corrected chi connectivity index (χ3v) is 3.34. The van der Waals surface area contributed by atoms with Crippen LogP contribution in [0, 0.1) is 12.3 Å². The van der Waals surface area contributed by atoms with Crippen molar-refractivity contribution < 1.29 is 14.3 Å². The molecule has 1 aromatic rings. The van der Waals surface area contributed by atoms with Gasteiger partial charge >= 0.3 is 5.97 Å². The van der Waals surface area contributed by atoms with E-state index in [0.717, 1.165) is 5.69 Å². The highest BCUT2D eigenvalue weighted by atomic mass is 16.5. The van der Waals surface area contributed by atoms with E-state index in [0.29, 0.717) is 0 Å². The average molecular weight is 277 g/mol. The van der Waals surface area contributed by atoms with Gasteiger partial charge in [0.2, 0.25) is 0 Å². The second kappa shape index (κ2) is 6.55. The Bertz CT molecular complexity index is 477. The number of likely N-dealkylation sites (N-methyl/N-ethyl adjacent to an activating group) is 1. The maximum atomic E-state index is 12.3. The van der Waals surface area contributed by atoms with Gasteiger partial charge in [-0.2, -0.15) is 0 Å². The molecule has 110 valence electrons. The minimum absolute atomic E-state index is 0.154. The molecule has 4 heteroatoms. The Morgan fingerprint density at radius 3 is 2.25 bits per heavy atom. The number of ether oxygens (including phenoxy) is 1. The van der Waals surface area contributed by atoms with Crippen molar-refractivity contribution in [1.29, 1.82) is 0 Å². The van der Waals surface area contributed by atoms with Gasteiger partial charge in [-0.05, 0) is 39.8 Å². The van der Waals surface area contributed by atoms with Crippen LogP contribution in [0.5, 0.6) is 0 Å². The average Bonchev–Trinajstić information content (AvgIpc) is 2.39. The van der Waals surface area contributed by atoms with Crippen LogP contribution in [0.4, 0.5) is 5.69 Å². The number of carbonyl (C=O) groups excluding carboxylic acids is 2. The minimum atomic E-state index is -1.12. The Balaban J connectivity index is 2.74. The maximum absolute atomic E-state index is 12.3. The molecule has 0 atom stereocenters. The Morgan fingerprint density at radius 2 is 1.75 bits per heavy atom. The summed E-state index contributed by atoms with van der Waals surface area (Å²) >= 11 is 0. The molecule has 20 heavy (non-hydrogen) atoms. The summed E-state index contributed by atoms with van der Waals surface area (Å²) in [7, 11) is 1.84. The summed E-state index contributed by atoms with van der Waals surface area (Å²) in [6.07, 6.45) is 0. The molecule has 0 amide bonds. The van der Waals surface area contributed by atoms with Crippen molar-refractivity contribution >= 4 is 17.4 Å². The van der Waals surface area contributed by atoms with E-state index in [9.17, 15) is 9.59 Å². The zero-order valence-corrected chi connectivity index (χ0v) is 12.9. The van der Waals surface area contributed by atoms with Crippen LogP contribution in [0.1, 0.15) is 26.3 Å². The number of carbonyl (C=O) groups is 2. The molecular weight excluding hydrogens is 254 g/mol. The first-order valence-corrected chi connectivity index (χ1v) is 6.77. The molecule has 4 nitrogen and oxygen atoms in total. The lowest BCUT2D eigenvalue weighted by atomic mass is 9.88. The quantitative estimate of drug-likeness (QED) is 0.592. The second-order valence-electron chi connectivity index (χ2n) is 5.46. The molecule has 0 saturated carbocycles. The fraction of sp³-hybridized carbons (Fsp3) is 0.500. The summed E-state index contributed by atoms with van der Waals surface area (Å²) in [6, 6.07) is 7.90. The van der Waals surface area contributed by atoms with Crippen molar-refractivity contribution in [1.82, 2.24) is 0 Å². The number of hydrogen-bond acceptors (Lipinski definition) is 4. The summed E-state index contributed by atoms with van der Waals surface area (Å²) < 4.78 is 4.95. The van der Waals surface area contributed by atoms with Crippen molar-refractivity contribution in [3.05, 3.63) is 29.8 Å². The maximum Gasteiger partial charge on any atom is 0.319 e. The molecule has 0 heterocycles. The highest BCUT2D eigenvalue weighted by Gasteiger charge is 2.37. The van der Waals surface area contributed by atoms with Crippen LogP contribution in [0.3, 0.4) is 0 Å². The molecule has 0 unspecified atom stereocenters. The molecule has 0 spiro atoms. The molecule has 1 aromatic carbocycles. The third kappa shape index (κ3) is 3.83. The molecule has 0 aliphatic heterocycles. The van der Waals surface area contributed by atoms with Gasteiger partial charge in [0.15, 0.2) is 5.78 Å². The van der Waals surface area contributed by atoms with Crippen LogP contribution in [-0.4, -0.2) is 32.0 Å². The number of Topliss-reactive ketones (excluding diaryl/α,β-unsaturated/α-hetero) is 1. The largest absolute Gasteiger partial charge is 0.465 e. The third-order valence-electron chi connectivity index (χ3n) is 3.34. The molecule has 0 N–H and O–H groups in total. The molecule has 1 rings (SSSR count). The molecule has 0 aliphatic rings. The molecule has 0 aromatic heterocycles. The second-order valence-corrected chi connectivity index (χ2v) is 5.46. The van der Waals surface area contributed by atoms with E-state index in [1.807, 2.05) is 43.1 Å². The van der Waals surface area contributed by atoms with Crippen LogP contribution in [0.25, 0.3) is 0 Å². The number of benzene rings is 1. The van der Waals surface area contributed by atoms with Gasteiger partial charge in [-0.1, -0.05) is 17.7 Å². The Kier molecular flexibility index (Phi) is 5.31. The highest BCUT2D eigenvalue weighted by Crippen LogP contribution is 2.21. The van der Waals surface area contributed by atoms with E-state index >= 15 is 0 Å². The van der Waals surface area contributed by atoms with Gasteiger partial charge in [0.05, 0.1) is 13.2 Å². The zero-order valence-electron chi connectivity index (χ0n) is 12.9. The van der Waals surface area contributed by atoms with Gasteiger partial charge in [0.25, 0.3) is 0 Å². The summed E-state index contributed by atoms with van der Waals surface area (Å²) in [6.45, 7) is 7.42. The van der Waals surface area contributed by atoms with Gasteiger partial charge in [-0.15, -0.1) is 0 Å². The molecule has 0 aliphatic carbocycles. The summed E-state index contributed by atoms with van der Waals surface area (Å²) in [4.78, 5) is 25.9. The van der Waals surface area contributed by atoms with Gasteiger partial charge in [-0.25, -0.2) is 0 Å². The van der Waals surface area contributed by atoms with Gasteiger partial charge in [0, 0.05) is 12.7 Å². The van der Waals surface area contributed by atoms with Crippen molar-refractivity contribution in [2.24, 2.45) is 5.41 Å². The molecule has 0 radical (unpaired) electrons. The Morgan fingerprint density at radius 1 is 1.20 bits per heavy atom. The number of nitrogens with zero attached hydrogens (tertiary/aromatic N) is 1. The zero-order chi connectivity index (χ0) is 15.3. The van der Waals surface area contributed by atoms with Crippen molar-refractivity contribution in [3.8, 4) is 0 Å². The lowest BCUT2D eigenvalue weighted by Gasteiger charge is -2.25. The van der Waals surface area contributed by atoms with Crippen LogP contribution < -0.4 is 4.90 Å². The van der Waals surface area contributed by atoms with E-state index in [1.165, 1.54) is 5.56 Å². The predicted octanol–water partition coefficient (Wildman–Crippen LogP) is 2.59. The first-order valence-electron chi connectivity index (χ1n) is 6.77. The van der Waals surface area contributed by atoms with E-state index in [4.69, 9.17) is 4.74 Å². The number of rotatable bonds is 6. The van der Waals surface area contributed by atoms with Crippen molar-refractivity contribution in [3.63, 3.8) is 0 Å². The standard InChI is InChI=1S/C16H23NO3/c1-6-20-15(19)16(3,4)14(18)11-17(5)13-9-7-12(2)8-10-13/h7-10H,6,11H2,1-5H3. The van der Waals surface area contributed by atoms with Gasteiger partial charge in [-0.3, -0.25) is 9.59 Å². The number of anilines is 1. The van der Waals surface area contributed by atoms with Gasteiger partial charge in [0.1, 0.15) is 5.41 Å². The summed E-state index contributed by atoms with van der Waals surface area (Å²) in [5, 5.41) is 0. The number of hydrogen-bond donors (Lipinski definition) is 0. The molecule has 0 saturated heterocycles.